The topological polar surface area (TPSA) is 66.5 Å². The summed E-state index contributed by atoms with van der Waals surface area (Å²) in [4.78, 5) is 12.8. The average Bonchev–Trinajstić information content (AvgIpc) is 2.70. The van der Waals surface area contributed by atoms with E-state index in [-0.39, 0.29) is 23.1 Å². The summed E-state index contributed by atoms with van der Waals surface area (Å²) in [5, 5.41) is 3.16. The zero-order valence-electron chi connectivity index (χ0n) is 17.5. The molecule has 0 saturated carbocycles. The van der Waals surface area contributed by atoms with Crippen molar-refractivity contribution < 1.29 is 13.2 Å². The Balaban J connectivity index is 1.52. The van der Waals surface area contributed by atoms with E-state index in [1.165, 1.54) is 9.87 Å². The van der Waals surface area contributed by atoms with Crippen molar-refractivity contribution >= 4 is 31.9 Å². The van der Waals surface area contributed by atoms with Gasteiger partial charge in [-0.1, -0.05) is 58.4 Å². The summed E-state index contributed by atoms with van der Waals surface area (Å²) in [5.41, 5.74) is 1.58. The number of amides is 1. The molecule has 1 N–H and O–H groups in total. The van der Waals surface area contributed by atoms with Crippen molar-refractivity contribution in [3.05, 3.63) is 70.2 Å². The highest BCUT2D eigenvalue weighted by molar-refractivity contribution is 9.10. The highest BCUT2D eigenvalue weighted by atomic mass is 79.9. The fourth-order valence-corrected chi connectivity index (χ4v) is 5.69. The predicted octanol–water partition coefficient (Wildman–Crippen LogP) is 4.13. The van der Waals surface area contributed by atoms with Crippen LogP contribution < -0.4 is 5.32 Å². The molecule has 2 aromatic carbocycles. The van der Waals surface area contributed by atoms with Gasteiger partial charge in [-0.3, -0.25) is 4.79 Å². The zero-order valence-corrected chi connectivity index (χ0v) is 19.9. The number of hydrogen-bond donors (Lipinski definition) is 1. The largest absolute Gasteiger partial charge is 0.351 e. The third-order valence-electron chi connectivity index (χ3n) is 5.43. The van der Waals surface area contributed by atoms with E-state index >= 15 is 0 Å². The van der Waals surface area contributed by atoms with E-state index < -0.39 is 10.0 Å². The smallest absolute Gasteiger partial charge is 0.223 e. The Morgan fingerprint density at radius 1 is 1.03 bits per heavy atom. The van der Waals surface area contributed by atoms with E-state index in [0.717, 1.165) is 16.5 Å². The lowest BCUT2D eigenvalue weighted by Gasteiger charge is -2.33. The van der Waals surface area contributed by atoms with Gasteiger partial charge in [-0.05, 0) is 56.4 Å². The molecular formula is C23H29BrN2O3S. The Labute approximate surface area is 188 Å². The molecule has 1 fully saturated rings. The van der Waals surface area contributed by atoms with Crippen LogP contribution in [0.5, 0.6) is 0 Å². The molecule has 1 saturated heterocycles. The molecular weight excluding hydrogens is 464 g/mol. The van der Waals surface area contributed by atoms with Gasteiger partial charge >= 0.3 is 0 Å². The van der Waals surface area contributed by atoms with Gasteiger partial charge in [0.25, 0.3) is 0 Å². The summed E-state index contributed by atoms with van der Waals surface area (Å²) in [6.45, 7) is 4.82. The summed E-state index contributed by atoms with van der Waals surface area (Å²) >= 11 is 3.36. The minimum Gasteiger partial charge on any atom is -0.351 e. The molecule has 0 aliphatic carbocycles. The fourth-order valence-electron chi connectivity index (χ4n) is 3.86. The number of nitrogens with one attached hydrogen (secondary N) is 1. The van der Waals surface area contributed by atoms with Crippen molar-refractivity contribution in [3.63, 3.8) is 0 Å². The number of hydrogen-bond acceptors (Lipinski definition) is 3. The first-order valence-corrected chi connectivity index (χ1v) is 12.6. The molecule has 0 aromatic heterocycles. The number of rotatable bonds is 7. The number of sulfonamides is 1. The van der Waals surface area contributed by atoms with Crippen molar-refractivity contribution in [1.82, 2.24) is 9.62 Å². The Morgan fingerprint density at radius 2 is 1.63 bits per heavy atom. The monoisotopic (exact) mass is 492 g/mol. The van der Waals surface area contributed by atoms with Gasteiger partial charge in [0.2, 0.25) is 15.9 Å². The fraction of sp³-hybridized carbons (Fsp3) is 0.435. The molecule has 7 heteroatoms. The van der Waals surface area contributed by atoms with Crippen molar-refractivity contribution in [1.29, 1.82) is 0 Å². The number of nitrogens with zero attached hydrogens (tertiary/aromatic N) is 1. The minimum absolute atomic E-state index is 0.0126. The van der Waals surface area contributed by atoms with E-state index in [1.54, 1.807) is 0 Å². The number of piperidine rings is 1. The Hall–Kier alpha value is -1.70. The number of halogens is 1. The second kappa shape index (κ2) is 9.62. The second-order valence-corrected chi connectivity index (χ2v) is 11.5. The molecule has 1 amide bonds. The summed E-state index contributed by atoms with van der Waals surface area (Å²) < 4.78 is 28.0. The van der Waals surface area contributed by atoms with Gasteiger partial charge in [0.05, 0.1) is 5.75 Å². The van der Waals surface area contributed by atoms with Crippen molar-refractivity contribution in [2.24, 2.45) is 5.92 Å². The predicted molar refractivity (Wildman–Crippen MR) is 123 cm³/mol. The van der Waals surface area contributed by atoms with Crippen molar-refractivity contribution in [3.8, 4) is 0 Å². The maximum Gasteiger partial charge on any atom is 0.223 e. The maximum absolute atomic E-state index is 12.8. The first kappa shape index (κ1) is 23.0. The quantitative estimate of drug-likeness (QED) is 0.631. The Kier molecular flexibility index (Phi) is 7.37. The lowest BCUT2D eigenvalue weighted by molar-refractivity contribution is -0.127. The lowest BCUT2D eigenvalue weighted by atomic mass is 9.91. The zero-order chi connectivity index (χ0) is 21.8. The van der Waals surface area contributed by atoms with Crippen LogP contribution in [-0.4, -0.2) is 37.3 Å². The van der Waals surface area contributed by atoms with Crippen LogP contribution >= 0.6 is 15.9 Å². The number of benzene rings is 2. The Bertz CT molecular complexity index is 952. The van der Waals surface area contributed by atoms with Gasteiger partial charge in [-0.2, -0.15) is 0 Å². The van der Waals surface area contributed by atoms with Crippen LogP contribution in [0.25, 0.3) is 0 Å². The molecule has 0 unspecified atom stereocenters. The van der Waals surface area contributed by atoms with E-state index in [4.69, 9.17) is 0 Å². The molecule has 1 aliphatic rings. The highest BCUT2D eigenvalue weighted by Crippen LogP contribution is 2.23. The van der Waals surface area contributed by atoms with Gasteiger partial charge in [-0.15, -0.1) is 0 Å². The van der Waals surface area contributed by atoms with E-state index in [9.17, 15) is 13.2 Å². The first-order chi connectivity index (χ1) is 14.1. The van der Waals surface area contributed by atoms with Gasteiger partial charge < -0.3 is 5.32 Å². The molecule has 0 bridgehead atoms. The molecule has 5 nitrogen and oxygen atoms in total. The Morgan fingerprint density at radius 3 is 2.23 bits per heavy atom. The first-order valence-electron chi connectivity index (χ1n) is 10.2. The molecule has 0 atom stereocenters. The van der Waals surface area contributed by atoms with Crippen LogP contribution in [0.2, 0.25) is 0 Å². The van der Waals surface area contributed by atoms with E-state index in [0.29, 0.717) is 25.9 Å². The second-order valence-electron chi connectivity index (χ2n) is 8.59. The number of carbonyl (C=O) groups excluding carboxylic acids is 1. The van der Waals surface area contributed by atoms with E-state index in [1.807, 2.05) is 56.3 Å². The third kappa shape index (κ3) is 6.40. The van der Waals surface area contributed by atoms with Gasteiger partial charge in [0, 0.05) is 29.0 Å². The molecule has 1 heterocycles. The van der Waals surface area contributed by atoms with Crippen molar-refractivity contribution in [2.45, 2.75) is 44.4 Å². The number of carbonyl (C=O) groups is 1. The van der Waals surface area contributed by atoms with Crippen molar-refractivity contribution in [2.75, 3.05) is 13.1 Å². The average molecular weight is 493 g/mol. The lowest BCUT2D eigenvalue weighted by Crippen LogP contribution is -2.50. The normalized spacial score (nSPS) is 16.4. The molecule has 2 aromatic rings. The van der Waals surface area contributed by atoms with Crippen LogP contribution in [0, 0.1) is 5.92 Å². The van der Waals surface area contributed by atoms with Crippen LogP contribution in [0.1, 0.15) is 37.8 Å². The molecule has 1 aliphatic heterocycles. The van der Waals surface area contributed by atoms with E-state index in [2.05, 4.69) is 33.4 Å². The standard InChI is InChI=1S/C23H29BrN2O3S/c1-23(2,16-18-6-4-3-5-7-18)25-22(27)20-12-14-26(15-13-20)30(28,29)17-19-8-10-21(24)11-9-19/h3-11,20H,12-17H2,1-2H3,(H,25,27). The van der Waals surface area contributed by atoms with Gasteiger partial charge in [0.15, 0.2) is 0 Å². The van der Waals surface area contributed by atoms with Gasteiger partial charge in [-0.25, -0.2) is 12.7 Å². The summed E-state index contributed by atoms with van der Waals surface area (Å²) in [6.07, 6.45) is 1.85. The summed E-state index contributed by atoms with van der Waals surface area (Å²) in [7, 11) is -3.39. The molecule has 0 radical (unpaired) electrons. The van der Waals surface area contributed by atoms with Crippen LogP contribution in [0.15, 0.2) is 59.1 Å². The third-order valence-corrected chi connectivity index (χ3v) is 7.81. The summed E-state index contributed by atoms with van der Waals surface area (Å²) in [6, 6.07) is 17.4. The molecule has 0 spiro atoms. The van der Waals surface area contributed by atoms with Crippen LogP contribution in [0.3, 0.4) is 0 Å². The minimum atomic E-state index is -3.39. The summed E-state index contributed by atoms with van der Waals surface area (Å²) in [5.74, 6) is -0.151. The van der Waals surface area contributed by atoms with Gasteiger partial charge in [0.1, 0.15) is 0 Å². The molecule has 3 rings (SSSR count). The van der Waals surface area contributed by atoms with Crippen LogP contribution in [0.4, 0.5) is 0 Å². The molecule has 162 valence electrons. The maximum atomic E-state index is 12.8. The SMILES string of the molecule is CC(C)(Cc1ccccc1)NC(=O)C1CCN(S(=O)(=O)Cc2ccc(Br)cc2)CC1. The van der Waals surface area contributed by atoms with Crippen LogP contribution in [-0.2, 0) is 27.0 Å². The molecule has 30 heavy (non-hydrogen) atoms. The highest BCUT2D eigenvalue weighted by Gasteiger charge is 2.33.